The van der Waals surface area contributed by atoms with E-state index in [2.05, 4.69) is 68.9 Å². The number of rotatable bonds is 14. The lowest BCUT2D eigenvalue weighted by molar-refractivity contribution is -0.934. The van der Waals surface area contributed by atoms with Gasteiger partial charge in [0.2, 0.25) is 0 Å². The zero-order valence-electron chi connectivity index (χ0n) is 30.2. The van der Waals surface area contributed by atoms with Crippen LogP contribution in [0, 0.1) is 46.3 Å². The first-order valence-electron chi connectivity index (χ1n) is 18.2. The van der Waals surface area contributed by atoms with Crippen LogP contribution < -0.4 is 52.9 Å². The summed E-state index contributed by atoms with van der Waals surface area (Å²) in [5.74, 6) is 5.28. The number of allylic oxidation sites excluding steroid dienone is 1. The maximum Gasteiger partial charge on any atom is 0.306 e. The normalized spacial score (nSPS) is 33.8. The predicted octanol–water partition coefficient (Wildman–Crippen LogP) is 1.34. The van der Waals surface area contributed by atoms with Gasteiger partial charge in [-0.05, 0) is 104 Å². The van der Waals surface area contributed by atoms with Crippen molar-refractivity contribution in [3.8, 4) is 0 Å². The molecule has 0 heterocycles. The summed E-state index contributed by atoms with van der Waals surface area (Å²) in [5, 5.41) is 0. The summed E-state index contributed by atoms with van der Waals surface area (Å²) >= 11 is 0. The number of hydrogen-bond donors (Lipinski definition) is 1. The Kier molecular flexibility index (Phi) is 16.0. The molecule has 0 aromatic rings. The third-order valence-corrected chi connectivity index (χ3v) is 13.2. The minimum absolute atomic E-state index is 0. The smallest absolute Gasteiger partial charge is 0.306 e. The van der Waals surface area contributed by atoms with Crippen molar-refractivity contribution in [3.05, 3.63) is 11.6 Å². The first-order valence-corrected chi connectivity index (χ1v) is 18.2. The van der Waals surface area contributed by atoms with Gasteiger partial charge in [0, 0.05) is 12.8 Å². The lowest BCUT2D eigenvalue weighted by Gasteiger charge is -2.58. The second-order valence-corrected chi connectivity index (χ2v) is 17.4. The lowest BCUT2D eigenvalue weighted by Crippen LogP contribution is -3.06. The van der Waals surface area contributed by atoms with Crippen molar-refractivity contribution in [2.75, 3.05) is 47.8 Å². The van der Waals surface area contributed by atoms with E-state index in [9.17, 15) is 4.79 Å². The number of unbranched alkanes of at least 4 members (excludes halogenated alkanes) is 1. The van der Waals surface area contributed by atoms with Gasteiger partial charge in [-0.15, -0.1) is 0 Å². The van der Waals surface area contributed by atoms with Crippen molar-refractivity contribution in [2.45, 2.75) is 131 Å². The number of likely N-dealkylation sites (N-methyl/N-ethyl adjacent to an activating group) is 2. The average Bonchev–Trinajstić information content (AvgIpc) is 3.27. The molecule has 0 bridgehead atoms. The molecular weight excluding hydrogens is 770 g/mol. The number of quaternary nitrogens is 2. The van der Waals surface area contributed by atoms with E-state index in [0.717, 1.165) is 72.2 Å². The van der Waals surface area contributed by atoms with E-state index in [4.69, 9.17) is 4.74 Å². The Labute approximate surface area is 307 Å². The third-order valence-electron chi connectivity index (χ3n) is 13.2. The molecule has 0 aromatic carbocycles. The molecule has 1 N–H and O–H groups in total. The maximum atomic E-state index is 12.8. The minimum Gasteiger partial charge on any atom is -1.00 e. The zero-order valence-corrected chi connectivity index (χ0v) is 34.5. The molecule has 258 valence electrons. The summed E-state index contributed by atoms with van der Waals surface area (Å²) in [6, 6.07) is 0. The Hall–Kier alpha value is 0.590. The topological polar surface area (TPSA) is 30.7 Å². The maximum absolute atomic E-state index is 12.8. The van der Waals surface area contributed by atoms with Crippen LogP contribution in [-0.4, -0.2) is 64.4 Å². The molecule has 0 aromatic heterocycles. The molecule has 0 unspecified atom stereocenters. The van der Waals surface area contributed by atoms with E-state index in [0.29, 0.717) is 17.3 Å². The average molecular weight is 841 g/mol. The molecule has 4 aliphatic rings. The highest BCUT2D eigenvalue weighted by atomic mass is 127. The van der Waals surface area contributed by atoms with Crippen LogP contribution in [0.25, 0.3) is 0 Å². The van der Waals surface area contributed by atoms with Gasteiger partial charge in [-0.25, -0.2) is 0 Å². The van der Waals surface area contributed by atoms with Crippen LogP contribution in [0.2, 0.25) is 0 Å². The van der Waals surface area contributed by atoms with Crippen LogP contribution in [0.1, 0.15) is 125 Å². The first-order chi connectivity index (χ1) is 19.7. The van der Waals surface area contributed by atoms with Crippen molar-refractivity contribution in [3.63, 3.8) is 0 Å². The van der Waals surface area contributed by atoms with Crippen molar-refractivity contribution >= 4 is 5.97 Å². The van der Waals surface area contributed by atoms with Gasteiger partial charge in [0.15, 0.2) is 0 Å². The van der Waals surface area contributed by atoms with Crippen LogP contribution in [0.5, 0.6) is 0 Å². The largest absolute Gasteiger partial charge is 1.00 e. The molecule has 6 heteroatoms. The molecular formula is C38H70I2N2O2. The Bertz CT molecular complexity index is 936. The van der Waals surface area contributed by atoms with Gasteiger partial charge in [-0.3, -0.25) is 4.79 Å². The molecule has 0 saturated heterocycles. The monoisotopic (exact) mass is 840 g/mol. The minimum atomic E-state index is 0. The molecule has 0 radical (unpaired) electrons. The number of nitrogens with one attached hydrogen (secondary N) is 1. The number of carbonyl (C=O) groups is 1. The summed E-state index contributed by atoms with van der Waals surface area (Å²) in [4.78, 5) is 14.3. The van der Waals surface area contributed by atoms with Crippen molar-refractivity contribution in [1.29, 1.82) is 0 Å². The van der Waals surface area contributed by atoms with Crippen LogP contribution in [0.4, 0.5) is 0 Å². The van der Waals surface area contributed by atoms with Crippen molar-refractivity contribution < 1.29 is 66.9 Å². The Morgan fingerprint density at radius 1 is 0.955 bits per heavy atom. The fourth-order valence-corrected chi connectivity index (χ4v) is 10.4. The molecule has 4 aliphatic carbocycles. The predicted molar refractivity (Wildman–Crippen MR) is 176 cm³/mol. The number of ether oxygens (including phenoxy) is 1. The highest BCUT2D eigenvalue weighted by Gasteiger charge is 2.59. The van der Waals surface area contributed by atoms with E-state index >= 15 is 0 Å². The number of carbonyl (C=O) groups excluding carboxylic acids is 1. The number of halogens is 2. The summed E-state index contributed by atoms with van der Waals surface area (Å²) in [7, 11) is 9.07. The van der Waals surface area contributed by atoms with Crippen LogP contribution in [-0.2, 0) is 9.53 Å². The Morgan fingerprint density at radius 2 is 1.68 bits per heavy atom. The Balaban J connectivity index is 0.00000337. The van der Waals surface area contributed by atoms with Crippen LogP contribution >= 0.6 is 0 Å². The highest BCUT2D eigenvalue weighted by Crippen LogP contribution is 2.67. The highest BCUT2D eigenvalue weighted by molar-refractivity contribution is 5.69. The van der Waals surface area contributed by atoms with Gasteiger partial charge < -0.3 is 62.1 Å². The second-order valence-electron chi connectivity index (χ2n) is 17.4. The van der Waals surface area contributed by atoms with E-state index in [1.807, 2.05) is 0 Å². The van der Waals surface area contributed by atoms with Crippen LogP contribution in [0.15, 0.2) is 11.6 Å². The van der Waals surface area contributed by atoms with Gasteiger partial charge in [0.25, 0.3) is 0 Å². The van der Waals surface area contributed by atoms with E-state index in [1.54, 1.807) is 5.57 Å². The third kappa shape index (κ3) is 9.83. The summed E-state index contributed by atoms with van der Waals surface area (Å²) < 4.78 is 7.15. The standard InChI is InChI=1S/C38H69N2O2.2HI/c1-28(2)13-12-14-29(3)33-18-19-34-32-17-16-30-27-31(20-22-37(30,4)35(32)21-23-38(33,34)5)42-36(41)15-10-11-25-40(8,9)26-24-39(6)7;;/h16,28-29,31-35H,10-15,17-27H2,1-9H3;2*1H/q+1;;/p-1/t29-,31+,32+,33-,34+,35+,37+,38-;;/m1../s1. The molecule has 4 rings (SSSR count). The molecule has 44 heavy (non-hydrogen) atoms. The molecule has 0 aliphatic heterocycles. The van der Waals surface area contributed by atoms with E-state index in [1.165, 1.54) is 75.8 Å². The molecule has 3 fully saturated rings. The van der Waals surface area contributed by atoms with Crippen LogP contribution in [0.3, 0.4) is 0 Å². The van der Waals surface area contributed by atoms with Gasteiger partial charge >= 0.3 is 5.97 Å². The van der Waals surface area contributed by atoms with Gasteiger partial charge in [0.05, 0.1) is 34.7 Å². The lowest BCUT2D eigenvalue weighted by atomic mass is 9.47. The molecule has 4 nitrogen and oxygen atoms in total. The fourth-order valence-electron chi connectivity index (χ4n) is 10.4. The van der Waals surface area contributed by atoms with Gasteiger partial charge in [-0.2, -0.15) is 0 Å². The number of hydrogen-bond acceptors (Lipinski definition) is 2. The Morgan fingerprint density at radius 3 is 2.36 bits per heavy atom. The second kappa shape index (κ2) is 17.3. The zero-order chi connectivity index (χ0) is 30.7. The first kappa shape index (κ1) is 40.8. The number of nitrogens with zero attached hydrogens (tertiary/aromatic N) is 1. The number of esters is 1. The van der Waals surface area contributed by atoms with Crippen molar-refractivity contribution in [2.24, 2.45) is 46.3 Å². The summed E-state index contributed by atoms with van der Waals surface area (Å²) in [6.45, 7) is 16.1. The summed E-state index contributed by atoms with van der Waals surface area (Å²) in [5.41, 5.74) is 2.51. The SMILES string of the molecule is CC(C)CCC[C@@H](C)[C@H]1CC[C@H]2[C@@H]3CC=C4C[C@@H](OC(=O)CCCC[N+](C)(C)CC[NH+](C)C)CC[C@]4(C)[C@H]3CC[C@]12C.[I-].[I-]. The number of fused-ring (bicyclic) bond motifs is 5. The van der Waals surface area contributed by atoms with E-state index in [-0.39, 0.29) is 60.0 Å². The van der Waals surface area contributed by atoms with Crippen molar-refractivity contribution in [1.82, 2.24) is 0 Å². The quantitative estimate of drug-likeness (QED) is 0.0943. The molecule has 0 amide bonds. The van der Waals surface area contributed by atoms with E-state index < -0.39 is 0 Å². The van der Waals surface area contributed by atoms with Gasteiger partial charge in [0.1, 0.15) is 19.2 Å². The fraction of sp³-hybridized carbons (Fsp3) is 0.921. The molecule has 8 atom stereocenters. The summed E-state index contributed by atoms with van der Waals surface area (Å²) in [6.07, 6.45) is 19.9. The molecule has 3 saturated carbocycles. The molecule has 0 spiro atoms. The van der Waals surface area contributed by atoms with Gasteiger partial charge in [-0.1, -0.05) is 65.5 Å².